The minimum atomic E-state index is 0.749. The lowest BCUT2D eigenvalue weighted by atomic mass is 10.4. The van der Waals surface area contributed by atoms with E-state index in [0.29, 0.717) is 0 Å². The Labute approximate surface area is 112 Å². The lowest BCUT2D eigenvalue weighted by Gasteiger charge is -2.06. The summed E-state index contributed by atoms with van der Waals surface area (Å²) < 4.78 is 2.69. The number of nitrogens with one attached hydrogen (secondary N) is 2. The average Bonchev–Trinajstić information content (AvgIpc) is 2.98. The van der Waals surface area contributed by atoms with E-state index in [4.69, 9.17) is 0 Å². The summed E-state index contributed by atoms with van der Waals surface area (Å²) in [7, 11) is 0. The molecule has 0 aromatic carbocycles. The molecule has 2 N–H and O–H groups in total. The molecule has 0 amide bonds. The van der Waals surface area contributed by atoms with E-state index in [9.17, 15) is 0 Å². The van der Waals surface area contributed by atoms with E-state index in [1.165, 1.54) is 0 Å². The molecule has 0 bridgehead atoms. The summed E-state index contributed by atoms with van der Waals surface area (Å²) in [6.07, 6.45) is 9.90. The van der Waals surface area contributed by atoms with Gasteiger partial charge in [-0.25, -0.2) is 15.0 Å². The molecule has 0 aliphatic carbocycles. The summed E-state index contributed by atoms with van der Waals surface area (Å²) in [4.78, 5) is 15.9. The van der Waals surface area contributed by atoms with E-state index in [-0.39, 0.29) is 0 Å². The highest BCUT2D eigenvalue weighted by atomic mass is 79.9. The largest absolute Gasteiger partial charge is 0.366 e. The van der Waals surface area contributed by atoms with Crippen LogP contribution in [-0.2, 0) is 6.42 Å². The number of nitrogens with zero attached hydrogens (tertiary/aromatic N) is 4. The Kier molecular flexibility index (Phi) is 2.97. The predicted octanol–water partition coefficient (Wildman–Crippen LogP) is 1.87. The quantitative estimate of drug-likeness (QED) is 0.772. The maximum Gasteiger partial charge on any atom is 0.180 e. The number of imidazole rings is 2. The third-order valence-electron chi connectivity index (χ3n) is 2.55. The Bertz CT molecular complexity index is 645. The van der Waals surface area contributed by atoms with Crippen LogP contribution in [0.5, 0.6) is 0 Å². The Morgan fingerprint density at radius 3 is 3.11 bits per heavy atom. The van der Waals surface area contributed by atoms with Crippen LogP contribution in [0.15, 0.2) is 35.6 Å². The van der Waals surface area contributed by atoms with Crippen LogP contribution >= 0.6 is 15.9 Å². The molecule has 0 radical (unpaired) electrons. The van der Waals surface area contributed by atoms with Gasteiger partial charge in [-0.2, -0.15) is 0 Å². The first kappa shape index (κ1) is 11.2. The summed E-state index contributed by atoms with van der Waals surface area (Å²) in [6, 6.07) is 0. The second-order valence-electron chi connectivity index (χ2n) is 3.78. The maximum atomic E-state index is 4.38. The normalized spacial score (nSPS) is 10.9. The fourth-order valence-corrected chi connectivity index (χ4v) is 2.15. The van der Waals surface area contributed by atoms with E-state index < -0.39 is 0 Å². The summed E-state index contributed by atoms with van der Waals surface area (Å²) in [5, 5.41) is 3.27. The first-order chi connectivity index (χ1) is 8.83. The Morgan fingerprint density at radius 2 is 2.28 bits per heavy atom. The van der Waals surface area contributed by atoms with Gasteiger partial charge in [-0.15, -0.1) is 0 Å². The van der Waals surface area contributed by atoms with E-state index in [2.05, 4.69) is 41.2 Å². The van der Waals surface area contributed by atoms with E-state index >= 15 is 0 Å². The van der Waals surface area contributed by atoms with E-state index in [1.807, 2.05) is 23.0 Å². The monoisotopic (exact) mass is 306 g/mol. The summed E-state index contributed by atoms with van der Waals surface area (Å²) in [6.45, 7) is 0.749. The Morgan fingerprint density at radius 1 is 1.33 bits per heavy atom. The zero-order valence-corrected chi connectivity index (χ0v) is 11.1. The van der Waals surface area contributed by atoms with Crippen molar-refractivity contribution in [2.75, 3.05) is 11.9 Å². The molecular weight excluding hydrogens is 296 g/mol. The third-order valence-corrected chi connectivity index (χ3v) is 2.94. The van der Waals surface area contributed by atoms with Crippen LogP contribution in [0.2, 0.25) is 0 Å². The maximum absolute atomic E-state index is 4.38. The lowest BCUT2D eigenvalue weighted by Crippen LogP contribution is -2.09. The second kappa shape index (κ2) is 4.77. The summed E-state index contributed by atoms with van der Waals surface area (Å²) >= 11 is 3.38. The first-order valence-corrected chi connectivity index (χ1v) is 6.33. The van der Waals surface area contributed by atoms with Crippen LogP contribution in [0.3, 0.4) is 0 Å². The van der Waals surface area contributed by atoms with Gasteiger partial charge in [-0.1, -0.05) is 0 Å². The highest BCUT2D eigenvalue weighted by molar-refractivity contribution is 9.10. The Hall–Kier alpha value is -1.89. The van der Waals surface area contributed by atoms with Crippen molar-refractivity contribution >= 4 is 27.4 Å². The van der Waals surface area contributed by atoms with Crippen molar-refractivity contribution in [2.45, 2.75) is 6.42 Å². The number of anilines is 1. The topological polar surface area (TPSA) is 70.9 Å². The standard InChI is InChI=1S/C11H11BrN6/c12-8-7-18-6-5-16-11(18)10(17-8)15-2-1-9-13-3-4-14-9/h3-7H,1-2H2,(H,13,14)(H,15,17). The van der Waals surface area contributed by atoms with Gasteiger partial charge in [0.2, 0.25) is 0 Å². The summed E-state index contributed by atoms with van der Waals surface area (Å²) in [5.74, 6) is 1.72. The van der Waals surface area contributed by atoms with E-state index in [0.717, 1.165) is 34.9 Å². The van der Waals surface area contributed by atoms with Crippen molar-refractivity contribution in [2.24, 2.45) is 0 Å². The number of hydrogen-bond donors (Lipinski definition) is 2. The van der Waals surface area contributed by atoms with Gasteiger partial charge in [-0.3, -0.25) is 0 Å². The number of halogens is 1. The number of aromatic amines is 1. The highest BCUT2D eigenvalue weighted by Crippen LogP contribution is 2.16. The zero-order chi connectivity index (χ0) is 12.4. The van der Waals surface area contributed by atoms with Gasteiger partial charge in [0.05, 0.1) is 0 Å². The number of rotatable bonds is 4. The number of aromatic nitrogens is 5. The molecule has 0 saturated heterocycles. The zero-order valence-electron chi connectivity index (χ0n) is 9.47. The van der Waals surface area contributed by atoms with Crippen molar-refractivity contribution in [3.63, 3.8) is 0 Å². The Balaban J connectivity index is 1.75. The first-order valence-electron chi connectivity index (χ1n) is 5.54. The van der Waals surface area contributed by atoms with Crippen molar-refractivity contribution in [3.05, 3.63) is 41.4 Å². The molecule has 3 aromatic rings. The van der Waals surface area contributed by atoms with Crippen molar-refractivity contribution in [1.82, 2.24) is 24.3 Å². The molecule has 0 aliphatic rings. The second-order valence-corrected chi connectivity index (χ2v) is 4.60. The van der Waals surface area contributed by atoms with Gasteiger partial charge in [0.25, 0.3) is 0 Å². The van der Waals surface area contributed by atoms with Gasteiger partial charge in [-0.05, 0) is 15.9 Å². The molecule has 0 aliphatic heterocycles. The molecule has 3 heterocycles. The van der Waals surface area contributed by atoms with Crippen LogP contribution in [0, 0.1) is 0 Å². The van der Waals surface area contributed by atoms with Crippen molar-refractivity contribution in [1.29, 1.82) is 0 Å². The molecule has 0 saturated carbocycles. The van der Waals surface area contributed by atoms with Gasteiger partial charge in [0.15, 0.2) is 11.5 Å². The molecule has 6 nitrogen and oxygen atoms in total. The number of hydrogen-bond acceptors (Lipinski definition) is 4. The van der Waals surface area contributed by atoms with Gasteiger partial charge in [0, 0.05) is 43.9 Å². The summed E-state index contributed by atoms with van der Waals surface area (Å²) in [5.41, 5.74) is 0.817. The molecule has 0 spiro atoms. The van der Waals surface area contributed by atoms with Crippen LogP contribution in [0.1, 0.15) is 5.82 Å². The number of H-pyrrole nitrogens is 1. The van der Waals surface area contributed by atoms with Crippen LogP contribution in [0.25, 0.3) is 5.65 Å². The molecular formula is C11H11BrN6. The highest BCUT2D eigenvalue weighted by Gasteiger charge is 2.05. The molecule has 0 fully saturated rings. The van der Waals surface area contributed by atoms with Crippen LogP contribution in [0.4, 0.5) is 5.82 Å². The molecule has 3 rings (SSSR count). The fraction of sp³-hybridized carbons (Fsp3) is 0.182. The molecule has 7 heteroatoms. The van der Waals surface area contributed by atoms with Gasteiger partial charge in [0.1, 0.15) is 10.4 Å². The minimum Gasteiger partial charge on any atom is -0.366 e. The molecule has 0 atom stereocenters. The van der Waals surface area contributed by atoms with Crippen molar-refractivity contribution < 1.29 is 0 Å². The van der Waals surface area contributed by atoms with E-state index in [1.54, 1.807) is 12.4 Å². The molecule has 3 aromatic heterocycles. The SMILES string of the molecule is Brc1cn2ccnc2c(NCCc2ncc[nH]2)n1. The third kappa shape index (κ3) is 2.21. The van der Waals surface area contributed by atoms with Crippen LogP contribution < -0.4 is 5.32 Å². The van der Waals surface area contributed by atoms with Crippen LogP contribution in [-0.4, -0.2) is 30.9 Å². The average molecular weight is 307 g/mol. The lowest BCUT2D eigenvalue weighted by molar-refractivity contribution is 0.918. The fourth-order valence-electron chi connectivity index (χ4n) is 1.75. The minimum absolute atomic E-state index is 0.749. The van der Waals surface area contributed by atoms with Gasteiger partial charge < -0.3 is 14.7 Å². The smallest absolute Gasteiger partial charge is 0.180 e. The molecule has 0 unspecified atom stereocenters. The molecule has 18 heavy (non-hydrogen) atoms. The van der Waals surface area contributed by atoms with Gasteiger partial charge >= 0.3 is 0 Å². The predicted molar refractivity (Wildman–Crippen MR) is 71.5 cm³/mol. The van der Waals surface area contributed by atoms with Crippen molar-refractivity contribution in [3.8, 4) is 0 Å². The number of fused-ring (bicyclic) bond motifs is 1. The molecule has 92 valence electrons.